The summed E-state index contributed by atoms with van der Waals surface area (Å²) in [5.41, 5.74) is 0.665. The first-order chi connectivity index (χ1) is 7.54. The van der Waals surface area contributed by atoms with Crippen LogP contribution in [0.15, 0.2) is 24.3 Å². The van der Waals surface area contributed by atoms with E-state index in [1.54, 1.807) is 31.3 Å². The van der Waals surface area contributed by atoms with Crippen molar-refractivity contribution in [2.24, 2.45) is 0 Å². The highest BCUT2D eigenvalue weighted by Gasteiger charge is 2.12. The van der Waals surface area contributed by atoms with Gasteiger partial charge in [-0.15, -0.1) is 0 Å². The Hall–Kier alpha value is -1.75. The SMILES string of the molecule is CC(=O)ON(C=O)N(C)c1ccc(Cl)cc1. The molecule has 0 aromatic heterocycles. The van der Waals surface area contributed by atoms with Gasteiger partial charge in [0.2, 0.25) is 0 Å². The second-order valence-electron chi connectivity index (χ2n) is 2.99. The minimum Gasteiger partial charge on any atom is -0.318 e. The lowest BCUT2D eigenvalue weighted by molar-refractivity contribution is -0.190. The molecule has 0 saturated carbocycles. The Balaban J connectivity index is 2.82. The van der Waals surface area contributed by atoms with Crippen LogP contribution in [-0.2, 0) is 14.4 Å². The Kier molecular flexibility index (Phi) is 4.13. The highest BCUT2D eigenvalue weighted by atomic mass is 35.5. The molecule has 1 aromatic carbocycles. The summed E-state index contributed by atoms with van der Waals surface area (Å²) >= 11 is 5.73. The molecule has 0 bridgehead atoms. The standard InChI is InChI=1S/C10H11ClN2O3/c1-8(15)16-13(7-14)12(2)10-5-3-9(11)4-6-10/h3-7H,1-2H3. The predicted octanol–water partition coefficient (Wildman–Crippen LogP) is 1.63. The second-order valence-corrected chi connectivity index (χ2v) is 3.43. The van der Waals surface area contributed by atoms with Crippen molar-refractivity contribution in [2.45, 2.75) is 6.92 Å². The first kappa shape index (κ1) is 12.3. The van der Waals surface area contributed by atoms with E-state index in [2.05, 4.69) is 4.84 Å². The van der Waals surface area contributed by atoms with Crippen molar-refractivity contribution < 1.29 is 14.4 Å². The number of hydrogen-bond donors (Lipinski definition) is 0. The van der Waals surface area contributed by atoms with Gasteiger partial charge < -0.3 is 4.84 Å². The normalized spacial score (nSPS) is 9.44. The van der Waals surface area contributed by atoms with E-state index in [0.29, 0.717) is 17.1 Å². The van der Waals surface area contributed by atoms with Crippen molar-refractivity contribution in [2.75, 3.05) is 12.1 Å². The lowest BCUT2D eigenvalue weighted by Gasteiger charge is -2.27. The van der Waals surface area contributed by atoms with E-state index in [9.17, 15) is 9.59 Å². The molecule has 16 heavy (non-hydrogen) atoms. The van der Waals surface area contributed by atoms with Crippen LogP contribution in [0.1, 0.15) is 6.92 Å². The number of amides is 1. The minimum atomic E-state index is -0.576. The molecule has 0 aliphatic heterocycles. The molecule has 0 aliphatic rings. The number of nitrogens with zero attached hydrogens (tertiary/aromatic N) is 2. The summed E-state index contributed by atoms with van der Waals surface area (Å²) in [6, 6.07) is 6.74. The molecule has 1 amide bonds. The van der Waals surface area contributed by atoms with Crippen LogP contribution >= 0.6 is 11.6 Å². The fourth-order valence-electron chi connectivity index (χ4n) is 1.06. The molecule has 5 nitrogen and oxygen atoms in total. The summed E-state index contributed by atoms with van der Waals surface area (Å²) in [4.78, 5) is 26.1. The maximum Gasteiger partial charge on any atom is 0.331 e. The summed E-state index contributed by atoms with van der Waals surface area (Å²) in [5.74, 6) is -0.576. The summed E-state index contributed by atoms with van der Waals surface area (Å²) in [5, 5.41) is 2.76. The predicted molar refractivity (Wildman–Crippen MR) is 59.5 cm³/mol. The van der Waals surface area contributed by atoms with Crippen LogP contribution in [0.4, 0.5) is 5.69 Å². The molecule has 1 aromatic rings. The molecular formula is C10H11ClN2O3. The molecule has 0 N–H and O–H groups in total. The molecule has 0 aliphatic carbocycles. The van der Waals surface area contributed by atoms with Crippen molar-refractivity contribution in [3.63, 3.8) is 0 Å². The molecule has 0 spiro atoms. The summed E-state index contributed by atoms with van der Waals surface area (Å²) in [6.07, 6.45) is 0.399. The maximum absolute atomic E-state index is 10.7. The van der Waals surface area contributed by atoms with Crippen molar-refractivity contribution in [3.05, 3.63) is 29.3 Å². The molecule has 0 heterocycles. The number of hydrogen-bond acceptors (Lipinski definition) is 4. The Bertz CT molecular complexity index is 380. The highest BCUT2D eigenvalue weighted by Crippen LogP contribution is 2.17. The van der Waals surface area contributed by atoms with E-state index in [-0.39, 0.29) is 0 Å². The smallest absolute Gasteiger partial charge is 0.318 e. The van der Waals surface area contributed by atoms with Gasteiger partial charge in [0.15, 0.2) is 0 Å². The molecule has 0 radical (unpaired) electrons. The van der Waals surface area contributed by atoms with Crippen LogP contribution in [0.5, 0.6) is 0 Å². The van der Waals surface area contributed by atoms with Crippen molar-refractivity contribution in [3.8, 4) is 0 Å². The minimum absolute atomic E-state index is 0.399. The zero-order valence-electron chi connectivity index (χ0n) is 8.88. The summed E-state index contributed by atoms with van der Waals surface area (Å²) in [6.45, 7) is 1.21. The Morgan fingerprint density at radius 2 is 1.94 bits per heavy atom. The van der Waals surface area contributed by atoms with Crippen LogP contribution in [0.25, 0.3) is 0 Å². The topological polar surface area (TPSA) is 49.9 Å². The van der Waals surface area contributed by atoms with Gasteiger partial charge in [0.1, 0.15) is 0 Å². The van der Waals surface area contributed by atoms with E-state index in [4.69, 9.17) is 11.6 Å². The van der Waals surface area contributed by atoms with Gasteiger partial charge in [-0.3, -0.25) is 9.80 Å². The van der Waals surface area contributed by atoms with Gasteiger partial charge in [0, 0.05) is 19.0 Å². The van der Waals surface area contributed by atoms with Gasteiger partial charge >= 0.3 is 5.97 Å². The van der Waals surface area contributed by atoms with Gasteiger partial charge in [-0.2, -0.15) is 0 Å². The van der Waals surface area contributed by atoms with E-state index in [1.165, 1.54) is 11.9 Å². The van der Waals surface area contributed by atoms with E-state index in [0.717, 1.165) is 5.17 Å². The zero-order valence-corrected chi connectivity index (χ0v) is 9.64. The molecule has 6 heteroatoms. The third-order valence-corrected chi connectivity index (χ3v) is 2.06. The van der Waals surface area contributed by atoms with Crippen LogP contribution in [-0.4, -0.2) is 24.6 Å². The molecule has 1 rings (SSSR count). The van der Waals surface area contributed by atoms with Gasteiger partial charge in [0.25, 0.3) is 6.41 Å². The van der Waals surface area contributed by atoms with Crippen molar-refractivity contribution in [1.29, 1.82) is 0 Å². The number of benzene rings is 1. The Morgan fingerprint density at radius 3 is 2.38 bits per heavy atom. The lowest BCUT2D eigenvalue weighted by Crippen LogP contribution is -2.40. The largest absolute Gasteiger partial charge is 0.331 e. The number of hydroxylamine groups is 1. The van der Waals surface area contributed by atoms with E-state index in [1.807, 2.05) is 0 Å². The molecule has 86 valence electrons. The molecular weight excluding hydrogens is 232 g/mol. The molecule has 0 fully saturated rings. The van der Waals surface area contributed by atoms with Crippen LogP contribution in [0, 0.1) is 0 Å². The average Bonchev–Trinajstić information content (AvgIpc) is 2.25. The van der Waals surface area contributed by atoms with Crippen molar-refractivity contribution >= 4 is 29.7 Å². The molecule has 0 unspecified atom stereocenters. The van der Waals surface area contributed by atoms with Crippen LogP contribution in [0.2, 0.25) is 5.02 Å². The average molecular weight is 243 g/mol. The number of carbonyl (C=O) groups excluding carboxylic acids is 2. The van der Waals surface area contributed by atoms with Gasteiger partial charge in [-0.1, -0.05) is 16.8 Å². The van der Waals surface area contributed by atoms with Crippen LogP contribution < -0.4 is 5.01 Å². The number of hydrazine groups is 1. The lowest BCUT2D eigenvalue weighted by atomic mass is 10.3. The van der Waals surface area contributed by atoms with E-state index < -0.39 is 5.97 Å². The van der Waals surface area contributed by atoms with Gasteiger partial charge in [0.05, 0.1) is 5.69 Å². The first-order valence-corrected chi connectivity index (χ1v) is 4.84. The van der Waals surface area contributed by atoms with Gasteiger partial charge in [-0.25, -0.2) is 4.79 Å². The number of halogens is 1. The first-order valence-electron chi connectivity index (χ1n) is 4.47. The van der Waals surface area contributed by atoms with Crippen molar-refractivity contribution in [1.82, 2.24) is 5.17 Å². The van der Waals surface area contributed by atoms with Crippen LogP contribution in [0.3, 0.4) is 0 Å². The Labute approximate surface area is 98.1 Å². The third kappa shape index (κ3) is 3.13. The highest BCUT2D eigenvalue weighted by molar-refractivity contribution is 6.30. The molecule has 0 saturated heterocycles. The monoisotopic (exact) mass is 242 g/mol. The second kappa shape index (κ2) is 5.37. The zero-order chi connectivity index (χ0) is 12.1. The van der Waals surface area contributed by atoms with Gasteiger partial charge in [-0.05, 0) is 24.3 Å². The number of anilines is 1. The quantitative estimate of drug-likeness (QED) is 0.595. The summed E-state index contributed by atoms with van der Waals surface area (Å²) in [7, 11) is 1.58. The maximum atomic E-state index is 10.7. The number of rotatable bonds is 4. The fraction of sp³-hybridized carbons (Fsp3) is 0.200. The fourth-order valence-corrected chi connectivity index (χ4v) is 1.18. The third-order valence-electron chi connectivity index (χ3n) is 1.81. The molecule has 0 atom stereocenters. The number of carbonyl (C=O) groups is 2. The summed E-state index contributed by atoms with van der Waals surface area (Å²) < 4.78 is 0. The van der Waals surface area contributed by atoms with E-state index >= 15 is 0 Å². The Morgan fingerprint density at radius 1 is 1.38 bits per heavy atom.